The fraction of sp³-hybridized carbons (Fsp3) is 0.571. The number of para-hydroxylation sites is 1. The number of nitrogens with one attached hydrogen (secondary N) is 3. The third kappa shape index (κ3) is 4.47. The zero-order chi connectivity index (χ0) is 14.4. The minimum atomic E-state index is -3.43. The van der Waals surface area contributed by atoms with Crippen LogP contribution < -0.4 is 15.4 Å². The second kappa shape index (κ2) is 7.06. The van der Waals surface area contributed by atoms with Crippen LogP contribution in [0, 0.1) is 0 Å². The smallest absolute Gasteiger partial charge is 0.242 e. The summed E-state index contributed by atoms with van der Waals surface area (Å²) in [5.41, 5.74) is 0.661. The van der Waals surface area contributed by atoms with Crippen LogP contribution in [0.4, 0.5) is 5.69 Å². The van der Waals surface area contributed by atoms with E-state index < -0.39 is 10.0 Å². The Morgan fingerprint density at radius 1 is 1.15 bits per heavy atom. The van der Waals surface area contributed by atoms with Crippen LogP contribution in [0.2, 0.25) is 0 Å². The van der Waals surface area contributed by atoms with Crippen molar-refractivity contribution in [2.45, 2.75) is 37.1 Å². The van der Waals surface area contributed by atoms with Crippen molar-refractivity contribution in [2.75, 3.05) is 25.0 Å². The Kier molecular flexibility index (Phi) is 5.39. The van der Waals surface area contributed by atoms with Gasteiger partial charge in [-0.05, 0) is 31.4 Å². The quantitative estimate of drug-likeness (QED) is 0.605. The van der Waals surface area contributed by atoms with E-state index in [2.05, 4.69) is 15.4 Å². The average Bonchev–Trinajstić information content (AvgIpc) is 3.26. The Labute approximate surface area is 121 Å². The second-order valence-electron chi connectivity index (χ2n) is 5.05. The Bertz CT molecular complexity index is 527. The van der Waals surface area contributed by atoms with Crippen LogP contribution in [0.1, 0.15) is 26.2 Å². The standard InChI is InChI=1S/C14H23N3O2S/c1-2-9-17-20(18,19)14-6-4-3-5-13(14)16-11-10-15-12-7-8-12/h3-6,12,15-17H,2,7-11H2,1H3. The summed E-state index contributed by atoms with van der Waals surface area (Å²) in [6.07, 6.45) is 3.29. The van der Waals surface area contributed by atoms with Gasteiger partial charge in [0.1, 0.15) is 4.90 Å². The highest BCUT2D eigenvalue weighted by Crippen LogP contribution is 2.21. The maximum Gasteiger partial charge on any atom is 0.242 e. The molecule has 0 atom stereocenters. The lowest BCUT2D eigenvalue weighted by Crippen LogP contribution is -2.27. The Morgan fingerprint density at radius 3 is 2.60 bits per heavy atom. The Morgan fingerprint density at radius 2 is 1.90 bits per heavy atom. The van der Waals surface area contributed by atoms with Crippen LogP contribution in [0.5, 0.6) is 0 Å². The summed E-state index contributed by atoms with van der Waals surface area (Å²) in [6, 6.07) is 7.69. The van der Waals surface area contributed by atoms with Crippen molar-refractivity contribution in [1.82, 2.24) is 10.0 Å². The molecule has 1 aliphatic rings. The topological polar surface area (TPSA) is 70.2 Å². The lowest BCUT2D eigenvalue weighted by atomic mass is 10.3. The number of hydrogen-bond donors (Lipinski definition) is 3. The monoisotopic (exact) mass is 297 g/mol. The summed E-state index contributed by atoms with van der Waals surface area (Å²) in [4.78, 5) is 0.319. The van der Waals surface area contributed by atoms with Gasteiger partial charge < -0.3 is 10.6 Å². The van der Waals surface area contributed by atoms with Crippen LogP contribution in [0.25, 0.3) is 0 Å². The summed E-state index contributed by atoms with van der Waals surface area (Å²) in [5.74, 6) is 0. The summed E-state index contributed by atoms with van der Waals surface area (Å²) >= 11 is 0. The molecule has 0 unspecified atom stereocenters. The van der Waals surface area contributed by atoms with E-state index in [0.717, 1.165) is 19.5 Å². The van der Waals surface area contributed by atoms with Crippen LogP contribution >= 0.6 is 0 Å². The van der Waals surface area contributed by atoms with E-state index in [-0.39, 0.29) is 0 Å². The van der Waals surface area contributed by atoms with Crippen molar-refractivity contribution >= 4 is 15.7 Å². The molecule has 2 rings (SSSR count). The fourth-order valence-corrected chi connectivity index (χ4v) is 3.24. The van der Waals surface area contributed by atoms with Crippen molar-refractivity contribution in [3.63, 3.8) is 0 Å². The number of hydrogen-bond acceptors (Lipinski definition) is 4. The summed E-state index contributed by atoms with van der Waals surface area (Å²) in [5, 5.41) is 6.59. The van der Waals surface area contributed by atoms with Gasteiger partial charge in [-0.25, -0.2) is 13.1 Å². The molecule has 1 fully saturated rings. The largest absolute Gasteiger partial charge is 0.383 e. The van der Waals surface area contributed by atoms with Gasteiger partial charge in [0.15, 0.2) is 0 Å². The van der Waals surface area contributed by atoms with Gasteiger partial charge in [-0.3, -0.25) is 0 Å². The molecule has 1 aromatic carbocycles. The number of sulfonamides is 1. The van der Waals surface area contributed by atoms with E-state index in [1.807, 2.05) is 13.0 Å². The normalized spacial score (nSPS) is 15.2. The van der Waals surface area contributed by atoms with Gasteiger partial charge >= 0.3 is 0 Å². The zero-order valence-electron chi connectivity index (χ0n) is 11.9. The first kappa shape index (κ1) is 15.3. The highest BCUT2D eigenvalue weighted by Gasteiger charge is 2.20. The second-order valence-corrected chi connectivity index (χ2v) is 6.78. The third-order valence-electron chi connectivity index (χ3n) is 3.17. The molecular weight excluding hydrogens is 274 g/mol. The van der Waals surface area contributed by atoms with E-state index >= 15 is 0 Å². The van der Waals surface area contributed by atoms with Gasteiger partial charge in [0, 0.05) is 25.7 Å². The van der Waals surface area contributed by atoms with E-state index in [4.69, 9.17) is 0 Å². The molecule has 20 heavy (non-hydrogen) atoms. The van der Waals surface area contributed by atoms with Crippen molar-refractivity contribution < 1.29 is 8.42 Å². The molecule has 0 aliphatic heterocycles. The fourth-order valence-electron chi connectivity index (χ4n) is 1.92. The predicted octanol–water partition coefficient (Wildman–Crippen LogP) is 1.54. The molecule has 6 heteroatoms. The molecule has 0 aromatic heterocycles. The van der Waals surface area contributed by atoms with Gasteiger partial charge in [0.25, 0.3) is 0 Å². The molecule has 5 nitrogen and oxygen atoms in total. The van der Waals surface area contributed by atoms with E-state index in [9.17, 15) is 8.42 Å². The van der Waals surface area contributed by atoms with Gasteiger partial charge in [-0.2, -0.15) is 0 Å². The predicted molar refractivity (Wildman–Crippen MR) is 81.4 cm³/mol. The molecule has 0 bridgehead atoms. The van der Waals surface area contributed by atoms with Crippen LogP contribution in [-0.2, 0) is 10.0 Å². The van der Waals surface area contributed by atoms with Crippen molar-refractivity contribution in [3.8, 4) is 0 Å². The molecule has 1 aromatic rings. The first-order valence-electron chi connectivity index (χ1n) is 7.19. The molecule has 1 aliphatic carbocycles. The van der Waals surface area contributed by atoms with Crippen LogP contribution in [-0.4, -0.2) is 34.1 Å². The minimum Gasteiger partial charge on any atom is -0.383 e. The molecule has 1 saturated carbocycles. The number of rotatable bonds is 9. The highest BCUT2D eigenvalue weighted by molar-refractivity contribution is 7.89. The maximum atomic E-state index is 12.2. The lowest BCUT2D eigenvalue weighted by Gasteiger charge is -2.13. The first-order chi connectivity index (χ1) is 9.63. The van der Waals surface area contributed by atoms with Crippen molar-refractivity contribution in [3.05, 3.63) is 24.3 Å². The molecule has 3 N–H and O–H groups in total. The minimum absolute atomic E-state index is 0.319. The Balaban J connectivity index is 1.97. The SMILES string of the molecule is CCCNS(=O)(=O)c1ccccc1NCCNC1CC1. The summed E-state index contributed by atoms with van der Waals surface area (Å²) < 4.78 is 27.0. The molecule has 112 valence electrons. The van der Waals surface area contributed by atoms with Crippen LogP contribution in [0.15, 0.2) is 29.2 Å². The molecule has 0 spiro atoms. The van der Waals surface area contributed by atoms with Crippen molar-refractivity contribution in [2.24, 2.45) is 0 Å². The summed E-state index contributed by atoms with van der Waals surface area (Å²) in [6.45, 7) is 3.97. The van der Waals surface area contributed by atoms with Crippen LogP contribution in [0.3, 0.4) is 0 Å². The Hall–Kier alpha value is -1.11. The van der Waals surface area contributed by atoms with E-state index in [1.54, 1.807) is 18.2 Å². The molecule has 0 saturated heterocycles. The maximum absolute atomic E-state index is 12.2. The van der Waals surface area contributed by atoms with Gasteiger partial charge in [0.05, 0.1) is 5.69 Å². The van der Waals surface area contributed by atoms with Gasteiger partial charge in [-0.1, -0.05) is 19.1 Å². The average molecular weight is 297 g/mol. The van der Waals surface area contributed by atoms with Crippen molar-refractivity contribution in [1.29, 1.82) is 0 Å². The zero-order valence-corrected chi connectivity index (χ0v) is 12.7. The highest BCUT2D eigenvalue weighted by atomic mass is 32.2. The summed E-state index contributed by atoms with van der Waals surface area (Å²) in [7, 11) is -3.43. The number of benzene rings is 1. The molecular formula is C14H23N3O2S. The van der Waals surface area contributed by atoms with E-state index in [0.29, 0.717) is 23.2 Å². The first-order valence-corrected chi connectivity index (χ1v) is 8.68. The van der Waals surface area contributed by atoms with Gasteiger partial charge in [0.2, 0.25) is 10.0 Å². The van der Waals surface area contributed by atoms with E-state index in [1.165, 1.54) is 12.8 Å². The molecule has 0 radical (unpaired) electrons. The number of anilines is 1. The molecule has 0 amide bonds. The molecule has 0 heterocycles. The lowest BCUT2D eigenvalue weighted by molar-refractivity contribution is 0.581. The van der Waals surface area contributed by atoms with Gasteiger partial charge in [-0.15, -0.1) is 0 Å². The third-order valence-corrected chi connectivity index (χ3v) is 4.69.